The molecule has 0 N–H and O–H groups in total. The van der Waals surface area contributed by atoms with Crippen LogP contribution in [0.1, 0.15) is 27.0 Å². The Morgan fingerprint density at radius 2 is 1.81 bits per heavy atom. The van der Waals surface area contributed by atoms with Crippen LogP contribution >= 0.6 is 11.8 Å². The summed E-state index contributed by atoms with van der Waals surface area (Å²) in [7, 11) is 3.06. The number of esters is 1. The maximum Gasteiger partial charge on any atom is 0.337 e. The molecule has 0 unspecified atom stereocenters. The standard InChI is InChI=1S/C25H24N2O3S/c1-29-21-9-10-23-22(24(26-27(23)15-21)19-7-5-4-6-8-19)14-17-11-18(16-31-3)13-20(12-17)25(28)30-2/h4-13,15H,14,16H2,1-3H3. The summed E-state index contributed by atoms with van der Waals surface area (Å²) in [6.07, 6.45) is 4.58. The number of carbonyl (C=O) groups excluding carboxylic acids is 1. The van der Waals surface area contributed by atoms with E-state index in [0.29, 0.717) is 12.0 Å². The molecule has 4 aromatic rings. The third kappa shape index (κ3) is 4.44. The molecule has 6 heteroatoms. The van der Waals surface area contributed by atoms with Gasteiger partial charge in [-0.1, -0.05) is 36.4 Å². The van der Waals surface area contributed by atoms with Crippen LogP contribution in [0.4, 0.5) is 0 Å². The van der Waals surface area contributed by atoms with Crippen molar-refractivity contribution in [2.45, 2.75) is 12.2 Å². The number of hydrogen-bond donors (Lipinski definition) is 0. The van der Waals surface area contributed by atoms with E-state index in [9.17, 15) is 4.79 Å². The number of rotatable bonds is 7. The van der Waals surface area contributed by atoms with Gasteiger partial charge in [0.1, 0.15) is 5.75 Å². The highest BCUT2D eigenvalue weighted by Gasteiger charge is 2.17. The summed E-state index contributed by atoms with van der Waals surface area (Å²) in [6, 6.07) is 20.1. The lowest BCUT2D eigenvalue weighted by atomic mass is 9.97. The number of methoxy groups -OCH3 is 2. The Bertz CT molecular complexity index is 1220. The summed E-state index contributed by atoms with van der Waals surface area (Å²) in [4.78, 5) is 12.2. The average molecular weight is 433 g/mol. The summed E-state index contributed by atoms with van der Waals surface area (Å²) in [5.74, 6) is 1.25. The van der Waals surface area contributed by atoms with Crippen molar-refractivity contribution in [3.63, 3.8) is 0 Å². The van der Waals surface area contributed by atoms with E-state index in [0.717, 1.165) is 45.0 Å². The summed E-state index contributed by atoms with van der Waals surface area (Å²) in [6.45, 7) is 0. The second kappa shape index (κ2) is 9.27. The van der Waals surface area contributed by atoms with Gasteiger partial charge in [-0.3, -0.25) is 0 Å². The SMILES string of the molecule is COC(=O)c1cc(CSC)cc(Cc2c(-c3ccccc3)nn3cc(OC)ccc23)c1. The Morgan fingerprint density at radius 3 is 2.52 bits per heavy atom. The van der Waals surface area contributed by atoms with Crippen molar-refractivity contribution < 1.29 is 14.3 Å². The average Bonchev–Trinajstić information content (AvgIpc) is 3.16. The largest absolute Gasteiger partial charge is 0.495 e. The van der Waals surface area contributed by atoms with Crippen LogP contribution in [0, 0.1) is 0 Å². The van der Waals surface area contributed by atoms with Crippen molar-refractivity contribution in [1.29, 1.82) is 0 Å². The first-order valence-electron chi connectivity index (χ1n) is 9.93. The van der Waals surface area contributed by atoms with Crippen molar-refractivity contribution in [3.05, 3.63) is 89.1 Å². The van der Waals surface area contributed by atoms with Crippen molar-refractivity contribution >= 4 is 23.2 Å². The monoisotopic (exact) mass is 432 g/mol. The van der Waals surface area contributed by atoms with Gasteiger partial charge in [0.05, 0.1) is 37.2 Å². The highest BCUT2D eigenvalue weighted by atomic mass is 32.2. The van der Waals surface area contributed by atoms with Gasteiger partial charge in [-0.25, -0.2) is 9.31 Å². The molecule has 158 valence electrons. The van der Waals surface area contributed by atoms with E-state index in [4.69, 9.17) is 14.6 Å². The summed E-state index contributed by atoms with van der Waals surface area (Å²) in [5.41, 5.74) is 6.81. The van der Waals surface area contributed by atoms with Gasteiger partial charge in [0.2, 0.25) is 0 Å². The number of benzene rings is 2. The van der Waals surface area contributed by atoms with Crippen LogP contribution in [0.5, 0.6) is 5.75 Å². The number of carbonyl (C=O) groups is 1. The van der Waals surface area contributed by atoms with Crippen LogP contribution in [-0.4, -0.2) is 36.1 Å². The lowest BCUT2D eigenvalue weighted by molar-refractivity contribution is 0.0600. The molecule has 0 spiro atoms. The van der Waals surface area contributed by atoms with Gasteiger partial charge in [-0.15, -0.1) is 0 Å². The fraction of sp³-hybridized carbons (Fsp3) is 0.200. The van der Waals surface area contributed by atoms with Gasteiger partial charge in [-0.2, -0.15) is 16.9 Å². The van der Waals surface area contributed by atoms with Gasteiger partial charge < -0.3 is 9.47 Å². The normalized spacial score (nSPS) is 10.9. The number of hydrogen-bond acceptors (Lipinski definition) is 5. The number of aromatic nitrogens is 2. The highest BCUT2D eigenvalue weighted by Crippen LogP contribution is 2.30. The molecule has 0 bridgehead atoms. The fourth-order valence-corrected chi connectivity index (χ4v) is 4.26. The number of pyridine rings is 1. The molecule has 2 aromatic carbocycles. The first-order valence-corrected chi connectivity index (χ1v) is 11.3. The quantitative estimate of drug-likeness (QED) is 0.373. The Balaban J connectivity index is 1.86. The summed E-state index contributed by atoms with van der Waals surface area (Å²) < 4.78 is 12.2. The van der Waals surface area contributed by atoms with Crippen LogP contribution < -0.4 is 4.74 Å². The molecule has 0 atom stereocenters. The Labute approximate surface area is 186 Å². The maximum absolute atomic E-state index is 12.2. The molecule has 4 rings (SSSR count). The molecule has 0 aliphatic carbocycles. The van der Waals surface area contributed by atoms with Crippen LogP contribution in [0.2, 0.25) is 0 Å². The van der Waals surface area contributed by atoms with Crippen LogP contribution in [0.3, 0.4) is 0 Å². The molecule has 2 heterocycles. The molecular weight excluding hydrogens is 408 g/mol. The van der Waals surface area contributed by atoms with Crippen LogP contribution in [0.25, 0.3) is 16.8 Å². The Kier molecular flexibility index (Phi) is 6.28. The fourth-order valence-electron chi connectivity index (χ4n) is 3.76. The number of nitrogens with zero attached hydrogens (tertiary/aromatic N) is 2. The lowest BCUT2D eigenvalue weighted by Crippen LogP contribution is -2.04. The van der Waals surface area contributed by atoms with Gasteiger partial charge >= 0.3 is 5.97 Å². The molecule has 0 fully saturated rings. The molecule has 0 saturated heterocycles. The van der Waals surface area contributed by atoms with E-state index >= 15 is 0 Å². The van der Waals surface area contributed by atoms with Gasteiger partial charge in [0, 0.05) is 23.3 Å². The maximum atomic E-state index is 12.2. The van der Waals surface area contributed by atoms with E-state index in [1.54, 1.807) is 18.9 Å². The zero-order valence-electron chi connectivity index (χ0n) is 17.8. The number of ether oxygens (including phenoxy) is 2. The second-order valence-corrected chi connectivity index (χ2v) is 8.10. The third-order valence-electron chi connectivity index (χ3n) is 5.15. The van der Waals surface area contributed by atoms with Crippen molar-refractivity contribution in [1.82, 2.24) is 9.61 Å². The molecule has 0 aliphatic heterocycles. The second-order valence-electron chi connectivity index (χ2n) is 7.23. The summed E-state index contributed by atoms with van der Waals surface area (Å²) >= 11 is 1.72. The molecule has 0 amide bonds. The summed E-state index contributed by atoms with van der Waals surface area (Å²) in [5, 5.41) is 4.86. The number of thioether (sulfide) groups is 1. The Morgan fingerprint density at radius 1 is 1.03 bits per heavy atom. The third-order valence-corrected chi connectivity index (χ3v) is 5.78. The molecule has 0 radical (unpaired) electrons. The Hall–Kier alpha value is -3.25. The zero-order chi connectivity index (χ0) is 21.8. The van der Waals surface area contributed by atoms with Gasteiger partial charge in [0.25, 0.3) is 0 Å². The first kappa shape index (κ1) is 21.0. The van der Waals surface area contributed by atoms with E-state index in [-0.39, 0.29) is 5.97 Å². The van der Waals surface area contributed by atoms with Crippen molar-refractivity contribution in [3.8, 4) is 17.0 Å². The predicted octanol–water partition coefficient (Wildman–Crippen LogP) is 5.25. The lowest BCUT2D eigenvalue weighted by Gasteiger charge is -2.10. The molecule has 31 heavy (non-hydrogen) atoms. The molecule has 5 nitrogen and oxygen atoms in total. The topological polar surface area (TPSA) is 52.8 Å². The minimum absolute atomic E-state index is 0.322. The van der Waals surface area contributed by atoms with E-state index in [1.165, 1.54) is 7.11 Å². The minimum atomic E-state index is -0.322. The van der Waals surface area contributed by atoms with Crippen molar-refractivity contribution in [2.24, 2.45) is 0 Å². The molecule has 0 aliphatic rings. The molecular formula is C25H24N2O3S. The predicted molar refractivity (Wildman–Crippen MR) is 125 cm³/mol. The number of fused-ring (bicyclic) bond motifs is 1. The molecule has 2 aromatic heterocycles. The van der Waals surface area contributed by atoms with E-state index in [1.807, 2.05) is 53.2 Å². The van der Waals surface area contributed by atoms with Gasteiger partial charge in [-0.05, 0) is 41.6 Å². The smallest absolute Gasteiger partial charge is 0.337 e. The van der Waals surface area contributed by atoms with Gasteiger partial charge in [0.15, 0.2) is 0 Å². The first-order chi connectivity index (χ1) is 15.1. The van der Waals surface area contributed by atoms with E-state index in [2.05, 4.69) is 24.5 Å². The molecule has 0 saturated carbocycles. The van der Waals surface area contributed by atoms with E-state index < -0.39 is 0 Å². The van der Waals surface area contributed by atoms with Crippen LogP contribution in [0.15, 0.2) is 66.9 Å². The van der Waals surface area contributed by atoms with Crippen molar-refractivity contribution in [2.75, 3.05) is 20.5 Å². The zero-order valence-corrected chi connectivity index (χ0v) is 18.6. The minimum Gasteiger partial charge on any atom is -0.495 e. The highest BCUT2D eigenvalue weighted by molar-refractivity contribution is 7.97. The van der Waals surface area contributed by atoms with Crippen LogP contribution in [-0.2, 0) is 16.9 Å².